The van der Waals surface area contributed by atoms with Gasteiger partial charge in [-0.05, 0) is 36.8 Å². The number of hydrogen-bond donors (Lipinski definition) is 1. The van der Waals surface area contributed by atoms with E-state index in [1.807, 2.05) is 19.1 Å². The minimum atomic E-state index is -0.168. The first-order valence-electron chi connectivity index (χ1n) is 8.79. The number of hydrogen-bond acceptors (Lipinski definition) is 4. The molecule has 7 nitrogen and oxygen atoms in total. The normalized spacial score (nSPS) is 14.1. The lowest BCUT2D eigenvalue weighted by Crippen LogP contribution is -2.53. The summed E-state index contributed by atoms with van der Waals surface area (Å²) in [6, 6.07) is 8.71. The molecular weight excluding hydrogens is 370 g/mol. The largest absolute Gasteiger partial charge is 0.490 e. The molecule has 0 saturated carbocycles. The third-order valence-electron chi connectivity index (χ3n) is 4.31. The monoisotopic (exact) mass is 391 g/mol. The second-order valence-corrected chi connectivity index (χ2v) is 6.68. The van der Waals surface area contributed by atoms with E-state index in [2.05, 4.69) is 5.32 Å². The zero-order chi connectivity index (χ0) is 19.2. The molecule has 1 saturated heterocycles. The van der Waals surface area contributed by atoms with Crippen LogP contribution in [0.3, 0.4) is 0 Å². The predicted molar refractivity (Wildman–Crippen MR) is 101 cm³/mol. The van der Waals surface area contributed by atoms with E-state index in [-0.39, 0.29) is 11.9 Å². The summed E-state index contributed by atoms with van der Waals surface area (Å²) in [6.45, 7) is 4.55. The number of ether oxygens (including phenoxy) is 1. The third kappa shape index (κ3) is 4.95. The van der Waals surface area contributed by atoms with Crippen LogP contribution in [-0.4, -0.2) is 61.1 Å². The Morgan fingerprint density at radius 2 is 1.93 bits per heavy atom. The molecule has 1 N–H and O–H groups in total. The zero-order valence-corrected chi connectivity index (χ0v) is 15.9. The first-order chi connectivity index (χ1) is 13.0. The zero-order valence-electron chi connectivity index (χ0n) is 15.1. The predicted octanol–water partition coefficient (Wildman–Crippen LogP) is 2.79. The highest BCUT2D eigenvalue weighted by atomic mass is 35.5. The van der Waals surface area contributed by atoms with Crippen molar-refractivity contribution in [2.45, 2.75) is 6.92 Å². The third-order valence-corrected chi connectivity index (χ3v) is 4.62. The summed E-state index contributed by atoms with van der Waals surface area (Å²) in [6.07, 6.45) is 1.48. The highest BCUT2D eigenvalue weighted by Crippen LogP contribution is 2.24. The molecule has 144 valence electrons. The minimum Gasteiger partial charge on any atom is -0.490 e. The SMILES string of the molecule is Cc1ccc(Cl)c(OCCNC(=O)N2CCN(C(=O)c3ccco3)CC2)c1. The average molecular weight is 392 g/mol. The summed E-state index contributed by atoms with van der Waals surface area (Å²) < 4.78 is 10.7. The van der Waals surface area contributed by atoms with Crippen molar-refractivity contribution in [1.82, 2.24) is 15.1 Å². The van der Waals surface area contributed by atoms with Gasteiger partial charge in [0.25, 0.3) is 5.91 Å². The van der Waals surface area contributed by atoms with Crippen molar-refractivity contribution in [3.05, 3.63) is 52.9 Å². The highest BCUT2D eigenvalue weighted by molar-refractivity contribution is 6.32. The van der Waals surface area contributed by atoms with Gasteiger partial charge in [0.15, 0.2) is 5.76 Å². The lowest BCUT2D eigenvalue weighted by atomic mass is 10.2. The summed E-state index contributed by atoms with van der Waals surface area (Å²) in [4.78, 5) is 27.8. The first-order valence-corrected chi connectivity index (χ1v) is 9.17. The van der Waals surface area contributed by atoms with E-state index in [0.29, 0.717) is 55.9 Å². The topological polar surface area (TPSA) is 75.0 Å². The fraction of sp³-hybridized carbons (Fsp3) is 0.368. The lowest BCUT2D eigenvalue weighted by molar-refractivity contribution is 0.0634. The first kappa shape index (κ1) is 19.1. The van der Waals surface area contributed by atoms with Crippen LogP contribution in [-0.2, 0) is 0 Å². The quantitative estimate of drug-likeness (QED) is 0.795. The number of piperazine rings is 1. The Balaban J connectivity index is 1.38. The molecule has 1 aromatic carbocycles. The minimum absolute atomic E-state index is 0.150. The number of aryl methyl sites for hydroxylation is 1. The summed E-state index contributed by atoms with van der Waals surface area (Å²) in [5, 5.41) is 3.37. The Kier molecular flexibility index (Phi) is 6.24. The van der Waals surface area contributed by atoms with Crippen molar-refractivity contribution in [2.24, 2.45) is 0 Å². The molecule has 1 aliphatic rings. The Morgan fingerprint density at radius 1 is 1.19 bits per heavy atom. The average Bonchev–Trinajstić information content (AvgIpc) is 3.22. The summed E-state index contributed by atoms with van der Waals surface area (Å²) in [5.41, 5.74) is 1.06. The van der Waals surface area contributed by atoms with E-state index in [9.17, 15) is 9.59 Å². The van der Waals surface area contributed by atoms with Gasteiger partial charge in [-0.25, -0.2) is 4.79 Å². The number of rotatable bonds is 5. The smallest absolute Gasteiger partial charge is 0.317 e. The van der Waals surface area contributed by atoms with Gasteiger partial charge in [-0.15, -0.1) is 0 Å². The summed E-state index contributed by atoms with van der Waals surface area (Å²) >= 11 is 6.08. The molecule has 1 aromatic heterocycles. The molecule has 3 rings (SSSR count). The maximum atomic E-state index is 12.2. The number of amides is 3. The number of nitrogens with one attached hydrogen (secondary N) is 1. The standard InChI is InChI=1S/C19H22ClN3O4/c1-14-4-5-15(20)17(13-14)27-12-6-21-19(25)23-9-7-22(8-10-23)18(24)16-3-2-11-26-16/h2-5,11,13H,6-10,12H2,1H3,(H,21,25). The van der Waals surface area contributed by atoms with Crippen molar-refractivity contribution >= 4 is 23.5 Å². The van der Waals surface area contributed by atoms with Crippen LogP contribution >= 0.6 is 11.6 Å². The Bertz CT molecular complexity index is 786. The molecule has 0 aliphatic carbocycles. The van der Waals surface area contributed by atoms with E-state index >= 15 is 0 Å². The van der Waals surface area contributed by atoms with Gasteiger partial charge in [0.05, 0.1) is 17.8 Å². The molecule has 3 amide bonds. The van der Waals surface area contributed by atoms with Gasteiger partial charge in [-0.3, -0.25) is 4.79 Å². The number of carbonyl (C=O) groups is 2. The van der Waals surface area contributed by atoms with E-state index < -0.39 is 0 Å². The van der Waals surface area contributed by atoms with E-state index in [1.165, 1.54) is 6.26 Å². The maximum absolute atomic E-state index is 12.2. The molecule has 1 aliphatic heterocycles. The molecular formula is C19H22ClN3O4. The van der Waals surface area contributed by atoms with E-state index in [1.54, 1.807) is 28.0 Å². The Labute approximate surface area is 162 Å². The summed E-state index contributed by atoms with van der Waals surface area (Å²) in [5.74, 6) is 0.777. The van der Waals surface area contributed by atoms with Gasteiger partial charge in [0.1, 0.15) is 12.4 Å². The van der Waals surface area contributed by atoms with Crippen molar-refractivity contribution in [3.63, 3.8) is 0 Å². The fourth-order valence-electron chi connectivity index (χ4n) is 2.82. The number of furan rings is 1. The van der Waals surface area contributed by atoms with Crippen molar-refractivity contribution in [3.8, 4) is 5.75 Å². The molecule has 0 unspecified atom stereocenters. The highest BCUT2D eigenvalue weighted by Gasteiger charge is 2.25. The number of carbonyl (C=O) groups excluding carboxylic acids is 2. The van der Waals surface area contributed by atoms with Crippen LogP contribution in [0.1, 0.15) is 16.1 Å². The number of urea groups is 1. The lowest BCUT2D eigenvalue weighted by Gasteiger charge is -2.34. The second kappa shape index (κ2) is 8.81. The van der Waals surface area contributed by atoms with E-state index in [4.69, 9.17) is 20.8 Å². The summed E-state index contributed by atoms with van der Waals surface area (Å²) in [7, 11) is 0. The molecule has 2 heterocycles. The van der Waals surface area contributed by atoms with Crippen LogP contribution < -0.4 is 10.1 Å². The van der Waals surface area contributed by atoms with Crippen LogP contribution in [0.5, 0.6) is 5.75 Å². The number of benzene rings is 1. The molecule has 2 aromatic rings. The Hall–Kier alpha value is -2.67. The Morgan fingerprint density at radius 3 is 2.63 bits per heavy atom. The number of halogens is 1. The maximum Gasteiger partial charge on any atom is 0.317 e. The van der Waals surface area contributed by atoms with Gasteiger partial charge in [-0.1, -0.05) is 17.7 Å². The van der Waals surface area contributed by atoms with Gasteiger partial charge in [0, 0.05) is 26.2 Å². The van der Waals surface area contributed by atoms with Crippen molar-refractivity contribution in [1.29, 1.82) is 0 Å². The van der Waals surface area contributed by atoms with Crippen LogP contribution in [0.2, 0.25) is 5.02 Å². The van der Waals surface area contributed by atoms with Crippen LogP contribution in [0, 0.1) is 6.92 Å². The van der Waals surface area contributed by atoms with Crippen molar-refractivity contribution < 1.29 is 18.7 Å². The molecule has 8 heteroatoms. The second-order valence-electron chi connectivity index (χ2n) is 6.27. The molecule has 0 atom stereocenters. The molecule has 1 fully saturated rings. The van der Waals surface area contributed by atoms with Crippen molar-refractivity contribution in [2.75, 3.05) is 39.3 Å². The van der Waals surface area contributed by atoms with Gasteiger partial charge in [0.2, 0.25) is 0 Å². The van der Waals surface area contributed by atoms with Crippen LogP contribution in [0.25, 0.3) is 0 Å². The molecule has 27 heavy (non-hydrogen) atoms. The van der Waals surface area contributed by atoms with Gasteiger partial charge in [-0.2, -0.15) is 0 Å². The van der Waals surface area contributed by atoms with Crippen LogP contribution in [0.4, 0.5) is 4.79 Å². The van der Waals surface area contributed by atoms with Gasteiger partial charge >= 0.3 is 6.03 Å². The van der Waals surface area contributed by atoms with E-state index in [0.717, 1.165) is 5.56 Å². The molecule has 0 radical (unpaired) electrons. The molecule has 0 bridgehead atoms. The fourth-order valence-corrected chi connectivity index (χ4v) is 2.99. The van der Waals surface area contributed by atoms with Crippen LogP contribution in [0.15, 0.2) is 41.0 Å². The number of nitrogens with zero attached hydrogens (tertiary/aromatic N) is 2. The van der Waals surface area contributed by atoms with Gasteiger partial charge < -0.3 is 24.3 Å². The molecule has 0 spiro atoms.